The van der Waals surface area contributed by atoms with E-state index in [0.29, 0.717) is 13.1 Å². The molecule has 1 saturated heterocycles. The summed E-state index contributed by atoms with van der Waals surface area (Å²) in [5.74, 6) is -0.0811. The van der Waals surface area contributed by atoms with Crippen LogP contribution in [-0.4, -0.2) is 44.2 Å². The molecule has 0 saturated carbocycles. The molecule has 0 radical (unpaired) electrons. The van der Waals surface area contributed by atoms with Gasteiger partial charge in [0.25, 0.3) is 0 Å². The van der Waals surface area contributed by atoms with Gasteiger partial charge in [-0.2, -0.15) is 0 Å². The topological polar surface area (TPSA) is 66.8 Å². The average Bonchev–Trinajstić information content (AvgIpc) is 2.19. The maximum atomic E-state index is 11.6. The molecule has 1 aliphatic rings. The van der Waals surface area contributed by atoms with Crippen molar-refractivity contribution < 1.29 is 13.2 Å². The molecule has 80 valence electrons. The van der Waals surface area contributed by atoms with Crippen molar-refractivity contribution in [1.29, 1.82) is 0 Å². The van der Waals surface area contributed by atoms with Crippen LogP contribution in [0.1, 0.15) is 19.3 Å². The quantitative estimate of drug-likeness (QED) is 0.498. The highest BCUT2D eigenvalue weighted by molar-refractivity contribution is 7.89. The fourth-order valence-corrected chi connectivity index (χ4v) is 2.87. The smallest absolute Gasteiger partial charge is 0.212 e. The van der Waals surface area contributed by atoms with Crippen LogP contribution >= 0.6 is 0 Å². The lowest BCUT2D eigenvalue weighted by Crippen LogP contribution is -2.37. The Morgan fingerprint density at radius 1 is 1.21 bits per heavy atom. The van der Waals surface area contributed by atoms with Crippen LogP contribution in [0, 0.1) is 0 Å². The minimum absolute atomic E-state index is 0.0162. The lowest BCUT2D eigenvalue weighted by molar-refractivity contribution is 0.347. The Morgan fingerprint density at radius 3 is 2.43 bits per heavy atom. The molecule has 0 aromatic heterocycles. The van der Waals surface area contributed by atoms with Crippen molar-refractivity contribution in [2.75, 3.05) is 25.4 Å². The summed E-state index contributed by atoms with van der Waals surface area (Å²) in [4.78, 5) is 13.0. The highest BCUT2D eigenvalue weighted by Crippen LogP contribution is 2.13. The van der Waals surface area contributed by atoms with Crippen molar-refractivity contribution in [2.24, 2.45) is 4.99 Å². The Hall–Kier alpha value is -0.710. The first kappa shape index (κ1) is 11.4. The minimum Gasteiger partial charge on any atom is -0.212 e. The molecule has 1 aliphatic heterocycles. The number of isocyanates is 1. The van der Waals surface area contributed by atoms with Crippen LogP contribution in [0.5, 0.6) is 0 Å². The molecule has 1 heterocycles. The van der Waals surface area contributed by atoms with Gasteiger partial charge in [-0.1, -0.05) is 6.42 Å². The van der Waals surface area contributed by atoms with E-state index in [1.165, 1.54) is 10.4 Å². The number of piperidine rings is 1. The van der Waals surface area contributed by atoms with Crippen LogP contribution in [0.25, 0.3) is 0 Å². The highest BCUT2D eigenvalue weighted by atomic mass is 32.2. The summed E-state index contributed by atoms with van der Waals surface area (Å²) in [6, 6.07) is 0. The molecule has 0 aromatic carbocycles. The largest absolute Gasteiger partial charge is 0.234 e. The van der Waals surface area contributed by atoms with Gasteiger partial charge in [0.2, 0.25) is 16.1 Å². The molecule has 0 aliphatic carbocycles. The first-order valence-corrected chi connectivity index (χ1v) is 6.29. The van der Waals surface area contributed by atoms with Crippen molar-refractivity contribution in [3.63, 3.8) is 0 Å². The molecular formula is C8H14N2O3S. The summed E-state index contributed by atoms with van der Waals surface area (Å²) in [6.07, 6.45) is 4.28. The van der Waals surface area contributed by atoms with Crippen LogP contribution in [0.15, 0.2) is 4.99 Å². The molecule has 1 fully saturated rings. The standard InChI is InChI=1S/C8H14N2O3S/c11-8-9-4-7-14(12,13)10-5-2-1-3-6-10/h1-7H2. The molecule has 6 heteroatoms. The summed E-state index contributed by atoms with van der Waals surface area (Å²) in [5, 5.41) is 0. The van der Waals surface area contributed by atoms with Crippen molar-refractivity contribution >= 4 is 16.1 Å². The predicted octanol–water partition coefficient (Wildman–Crippen LogP) is 0.138. The first-order chi connectivity index (χ1) is 6.67. The zero-order chi connectivity index (χ0) is 10.4. The van der Waals surface area contributed by atoms with E-state index in [1.807, 2.05) is 0 Å². The fraction of sp³-hybridized carbons (Fsp3) is 0.875. The van der Waals surface area contributed by atoms with Gasteiger partial charge in [0.05, 0.1) is 12.3 Å². The Bertz CT molecular complexity index is 313. The summed E-state index contributed by atoms with van der Waals surface area (Å²) >= 11 is 0. The third kappa shape index (κ3) is 3.21. The zero-order valence-corrected chi connectivity index (χ0v) is 8.79. The molecule has 0 amide bonds. The molecule has 0 atom stereocenters. The number of rotatable bonds is 4. The van der Waals surface area contributed by atoms with E-state index in [0.717, 1.165) is 19.3 Å². The summed E-state index contributed by atoms with van der Waals surface area (Å²) in [5.41, 5.74) is 0. The lowest BCUT2D eigenvalue weighted by Gasteiger charge is -2.25. The van der Waals surface area contributed by atoms with Gasteiger partial charge in [-0.3, -0.25) is 0 Å². The van der Waals surface area contributed by atoms with E-state index < -0.39 is 10.0 Å². The SMILES string of the molecule is O=C=NCCS(=O)(=O)N1CCCCC1. The van der Waals surface area contributed by atoms with Gasteiger partial charge in [-0.15, -0.1) is 0 Å². The van der Waals surface area contributed by atoms with Gasteiger partial charge in [-0.05, 0) is 12.8 Å². The number of hydrogen-bond donors (Lipinski definition) is 0. The van der Waals surface area contributed by atoms with Crippen molar-refractivity contribution in [3.8, 4) is 0 Å². The van der Waals surface area contributed by atoms with E-state index >= 15 is 0 Å². The van der Waals surface area contributed by atoms with E-state index in [2.05, 4.69) is 4.99 Å². The van der Waals surface area contributed by atoms with Gasteiger partial charge in [-0.25, -0.2) is 22.5 Å². The molecule has 1 rings (SSSR count). The van der Waals surface area contributed by atoms with Gasteiger partial charge in [0.1, 0.15) is 0 Å². The molecule has 0 bridgehead atoms. The monoisotopic (exact) mass is 218 g/mol. The minimum atomic E-state index is -3.19. The molecule has 0 N–H and O–H groups in total. The lowest BCUT2D eigenvalue weighted by atomic mass is 10.2. The maximum Gasteiger partial charge on any atom is 0.234 e. The normalized spacial score (nSPS) is 18.9. The van der Waals surface area contributed by atoms with Gasteiger partial charge < -0.3 is 0 Å². The van der Waals surface area contributed by atoms with Crippen LogP contribution in [0.4, 0.5) is 0 Å². The molecule has 5 nitrogen and oxygen atoms in total. The maximum absolute atomic E-state index is 11.6. The number of aliphatic imine (C=N–C) groups is 1. The molecular weight excluding hydrogens is 204 g/mol. The third-order valence-corrected chi connectivity index (χ3v) is 4.08. The zero-order valence-electron chi connectivity index (χ0n) is 7.98. The molecule has 0 spiro atoms. The number of carbonyl (C=O) groups excluding carboxylic acids is 1. The number of sulfonamides is 1. The highest BCUT2D eigenvalue weighted by Gasteiger charge is 2.22. The van der Waals surface area contributed by atoms with E-state index in [1.54, 1.807) is 0 Å². The van der Waals surface area contributed by atoms with Crippen molar-refractivity contribution in [1.82, 2.24) is 4.31 Å². The van der Waals surface area contributed by atoms with Crippen molar-refractivity contribution in [2.45, 2.75) is 19.3 Å². The Kier molecular flexibility index (Phi) is 4.25. The van der Waals surface area contributed by atoms with Gasteiger partial charge in [0.15, 0.2) is 0 Å². The second-order valence-electron chi connectivity index (χ2n) is 3.25. The third-order valence-electron chi connectivity index (χ3n) is 2.23. The average molecular weight is 218 g/mol. The summed E-state index contributed by atoms with van der Waals surface area (Å²) < 4.78 is 24.7. The van der Waals surface area contributed by atoms with E-state index in [-0.39, 0.29) is 12.3 Å². The Balaban J connectivity index is 2.50. The van der Waals surface area contributed by atoms with Crippen LogP contribution < -0.4 is 0 Å². The molecule has 0 unspecified atom stereocenters. The van der Waals surface area contributed by atoms with E-state index in [4.69, 9.17) is 0 Å². The summed E-state index contributed by atoms with van der Waals surface area (Å²) in [6.45, 7) is 1.22. The predicted molar refractivity (Wildman–Crippen MR) is 52.2 cm³/mol. The Labute approximate surface area is 83.9 Å². The molecule has 14 heavy (non-hydrogen) atoms. The first-order valence-electron chi connectivity index (χ1n) is 4.68. The second kappa shape index (κ2) is 5.24. The molecule has 0 aromatic rings. The fourth-order valence-electron chi connectivity index (χ4n) is 1.48. The van der Waals surface area contributed by atoms with Gasteiger partial charge >= 0.3 is 0 Å². The van der Waals surface area contributed by atoms with E-state index in [9.17, 15) is 13.2 Å². The van der Waals surface area contributed by atoms with Crippen molar-refractivity contribution in [3.05, 3.63) is 0 Å². The summed E-state index contributed by atoms with van der Waals surface area (Å²) in [7, 11) is -3.19. The number of hydrogen-bond acceptors (Lipinski definition) is 4. The Morgan fingerprint density at radius 2 is 1.86 bits per heavy atom. The number of nitrogens with zero attached hydrogens (tertiary/aromatic N) is 2. The van der Waals surface area contributed by atoms with Crippen LogP contribution in [0.3, 0.4) is 0 Å². The van der Waals surface area contributed by atoms with Gasteiger partial charge in [0, 0.05) is 13.1 Å². The second-order valence-corrected chi connectivity index (χ2v) is 5.34. The van der Waals surface area contributed by atoms with Crippen LogP contribution in [0.2, 0.25) is 0 Å². The van der Waals surface area contributed by atoms with Crippen LogP contribution in [-0.2, 0) is 14.8 Å².